The molecule has 3 N–H and O–H groups in total. The molecule has 0 saturated carbocycles. The Kier molecular flexibility index (Phi) is 3.53. The Morgan fingerprint density at radius 1 is 1.55 bits per heavy atom. The molecular formula is C6H11NO4. The number of esters is 1. The van der Waals surface area contributed by atoms with Gasteiger partial charge in [-0.15, -0.1) is 0 Å². The summed E-state index contributed by atoms with van der Waals surface area (Å²) in [6, 6.07) is -1.09. The summed E-state index contributed by atoms with van der Waals surface area (Å²) < 4.78 is 4.26. The molecule has 0 rings (SSSR count). The lowest BCUT2D eigenvalue weighted by atomic mass is 10.0. The molecule has 0 aliphatic heterocycles. The van der Waals surface area contributed by atoms with Gasteiger partial charge in [0, 0.05) is 0 Å². The van der Waals surface area contributed by atoms with Crippen LogP contribution < -0.4 is 5.73 Å². The predicted molar refractivity (Wildman–Crippen MR) is 36.8 cm³/mol. The summed E-state index contributed by atoms with van der Waals surface area (Å²) in [5.74, 6) is -2.73. The molecule has 0 fully saturated rings. The molecule has 0 amide bonds. The van der Waals surface area contributed by atoms with Crippen molar-refractivity contribution in [1.29, 1.82) is 0 Å². The van der Waals surface area contributed by atoms with Crippen molar-refractivity contribution in [1.82, 2.24) is 0 Å². The summed E-state index contributed by atoms with van der Waals surface area (Å²) in [7, 11) is 1.16. The Labute approximate surface area is 64.1 Å². The van der Waals surface area contributed by atoms with Gasteiger partial charge in [0.05, 0.1) is 13.0 Å². The van der Waals surface area contributed by atoms with Gasteiger partial charge in [-0.2, -0.15) is 0 Å². The summed E-state index contributed by atoms with van der Waals surface area (Å²) in [4.78, 5) is 20.9. The monoisotopic (exact) mass is 161 g/mol. The molecule has 64 valence electrons. The van der Waals surface area contributed by atoms with Crippen LogP contribution in [0, 0.1) is 5.92 Å². The highest BCUT2D eigenvalue weighted by atomic mass is 16.5. The number of nitrogens with two attached hydrogens (primary N) is 1. The zero-order valence-corrected chi connectivity index (χ0v) is 6.40. The Bertz CT molecular complexity index is 168. The van der Waals surface area contributed by atoms with Gasteiger partial charge in [0.1, 0.15) is 6.04 Å². The van der Waals surface area contributed by atoms with E-state index in [0.29, 0.717) is 0 Å². The first-order valence-electron chi connectivity index (χ1n) is 3.07. The maximum Gasteiger partial charge on any atom is 0.323 e. The molecule has 0 aliphatic carbocycles. The molecule has 0 spiro atoms. The highest BCUT2D eigenvalue weighted by Gasteiger charge is 2.26. The number of rotatable bonds is 3. The average molecular weight is 161 g/mol. The fourth-order valence-electron chi connectivity index (χ4n) is 0.494. The lowest BCUT2D eigenvalue weighted by molar-refractivity contribution is -0.151. The second-order valence-corrected chi connectivity index (χ2v) is 2.18. The van der Waals surface area contributed by atoms with Crippen LogP contribution in [0.25, 0.3) is 0 Å². The van der Waals surface area contributed by atoms with Crippen LogP contribution in [0.2, 0.25) is 0 Å². The van der Waals surface area contributed by atoms with Gasteiger partial charge in [0.2, 0.25) is 0 Å². The first kappa shape index (κ1) is 9.90. The van der Waals surface area contributed by atoms with E-state index in [4.69, 9.17) is 10.8 Å². The third-order valence-electron chi connectivity index (χ3n) is 1.40. The normalized spacial score (nSPS) is 15.2. The topological polar surface area (TPSA) is 89.6 Å². The van der Waals surface area contributed by atoms with Crippen LogP contribution in [0.4, 0.5) is 0 Å². The van der Waals surface area contributed by atoms with Crippen LogP contribution >= 0.6 is 0 Å². The molecule has 0 bridgehead atoms. The van der Waals surface area contributed by atoms with E-state index in [9.17, 15) is 9.59 Å². The van der Waals surface area contributed by atoms with Crippen LogP contribution in [-0.4, -0.2) is 30.2 Å². The first-order chi connectivity index (χ1) is 5.00. The van der Waals surface area contributed by atoms with Crippen LogP contribution in [0.15, 0.2) is 0 Å². The van der Waals surface area contributed by atoms with E-state index < -0.39 is 23.9 Å². The van der Waals surface area contributed by atoms with Gasteiger partial charge >= 0.3 is 11.9 Å². The Balaban J connectivity index is 4.12. The van der Waals surface area contributed by atoms with Crippen LogP contribution in [0.3, 0.4) is 0 Å². The molecule has 0 unspecified atom stereocenters. The summed E-state index contributed by atoms with van der Waals surface area (Å²) in [6.45, 7) is 1.35. The zero-order chi connectivity index (χ0) is 9.02. The van der Waals surface area contributed by atoms with E-state index in [1.54, 1.807) is 0 Å². The number of carbonyl (C=O) groups excluding carboxylic acids is 1. The third-order valence-corrected chi connectivity index (χ3v) is 1.40. The van der Waals surface area contributed by atoms with Crippen molar-refractivity contribution in [3.63, 3.8) is 0 Å². The molecule has 0 saturated heterocycles. The number of hydrogen-bond donors (Lipinski definition) is 2. The molecule has 0 radical (unpaired) electrons. The van der Waals surface area contributed by atoms with Gasteiger partial charge < -0.3 is 15.6 Å². The highest BCUT2D eigenvalue weighted by molar-refractivity contribution is 5.83. The molecule has 0 aliphatic rings. The van der Waals surface area contributed by atoms with Gasteiger partial charge in [-0.25, -0.2) is 0 Å². The van der Waals surface area contributed by atoms with Crippen LogP contribution in [0.1, 0.15) is 6.92 Å². The van der Waals surface area contributed by atoms with Gasteiger partial charge in [-0.05, 0) is 6.92 Å². The van der Waals surface area contributed by atoms with E-state index in [1.165, 1.54) is 6.92 Å². The van der Waals surface area contributed by atoms with E-state index in [0.717, 1.165) is 7.11 Å². The Morgan fingerprint density at radius 2 is 2.00 bits per heavy atom. The van der Waals surface area contributed by atoms with E-state index in [2.05, 4.69) is 4.74 Å². The number of ether oxygens (including phenoxy) is 1. The SMILES string of the molecule is COC(=O)[C@H](N)[C@H](C)C(=O)O. The van der Waals surface area contributed by atoms with E-state index in [-0.39, 0.29) is 0 Å². The Hall–Kier alpha value is -1.10. The Morgan fingerprint density at radius 3 is 2.27 bits per heavy atom. The average Bonchev–Trinajstić information content (AvgIpc) is 2.00. The molecule has 2 atom stereocenters. The van der Waals surface area contributed by atoms with Crippen molar-refractivity contribution < 1.29 is 19.4 Å². The highest BCUT2D eigenvalue weighted by Crippen LogP contribution is 2.01. The largest absolute Gasteiger partial charge is 0.481 e. The summed E-state index contributed by atoms with van der Waals surface area (Å²) >= 11 is 0. The predicted octanol–water partition coefficient (Wildman–Crippen LogP) is -0.793. The fourth-order valence-corrected chi connectivity index (χ4v) is 0.494. The van der Waals surface area contributed by atoms with E-state index >= 15 is 0 Å². The smallest absolute Gasteiger partial charge is 0.323 e. The minimum Gasteiger partial charge on any atom is -0.481 e. The molecular weight excluding hydrogens is 150 g/mol. The van der Waals surface area contributed by atoms with Crippen molar-refractivity contribution >= 4 is 11.9 Å². The van der Waals surface area contributed by atoms with Crippen molar-refractivity contribution in [2.45, 2.75) is 13.0 Å². The quantitative estimate of drug-likeness (QED) is 0.529. The number of carboxylic acids is 1. The lowest BCUT2D eigenvalue weighted by Gasteiger charge is -2.12. The minimum atomic E-state index is -1.11. The molecule has 0 aromatic rings. The van der Waals surface area contributed by atoms with Gasteiger partial charge in [-0.1, -0.05) is 0 Å². The van der Waals surface area contributed by atoms with Crippen molar-refractivity contribution in [3.8, 4) is 0 Å². The number of carboxylic acid groups (broad SMARTS) is 1. The maximum atomic E-state index is 10.6. The second-order valence-electron chi connectivity index (χ2n) is 2.18. The third kappa shape index (κ3) is 2.55. The number of methoxy groups -OCH3 is 1. The fraction of sp³-hybridized carbons (Fsp3) is 0.667. The van der Waals surface area contributed by atoms with E-state index in [1.807, 2.05) is 0 Å². The molecule has 5 nitrogen and oxygen atoms in total. The van der Waals surface area contributed by atoms with Crippen LogP contribution in [-0.2, 0) is 14.3 Å². The lowest BCUT2D eigenvalue weighted by Crippen LogP contribution is -2.41. The maximum absolute atomic E-state index is 10.6. The molecule has 0 heterocycles. The summed E-state index contributed by atoms with van der Waals surface area (Å²) in [5.41, 5.74) is 5.22. The van der Waals surface area contributed by atoms with Crippen LogP contribution in [0.5, 0.6) is 0 Å². The van der Waals surface area contributed by atoms with Crippen molar-refractivity contribution in [3.05, 3.63) is 0 Å². The minimum absolute atomic E-state index is 0.708. The van der Waals surface area contributed by atoms with Gasteiger partial charge in [0.15, 0.2) is 0 Å². The number of carbonyl (C=O) groups is 2. The zero-order valence-electron chi connectivity index (χ0n) is 6.40. The second kappa shape index (κ2) is 3.92. The number of aliphatic carboxylic acids is 1. The molecule has 0 aromatic heterocycles. The number of hydrogen-bond acceptors (Lipinski definition) is 4. The van der Waals surface area contributed by atoms with Crippen molar-refractivity contribution in [2.75, 3.05) is 7.11 Å². The first-order valence-corrected chi connectivity index (χ1v) is 3.07. The summed E-state index contributed by atoms with van der Waals surface area (Å²) in [5, 5.41) is 8.41. The van der Waals surface area contributed by atoms with Crippen molar-refractivity contribution in [2.24, 2.45) is 11.7 Å². The standard InChI is InChI=1S/C6H11NO4/c1-3(5(8)9)4(7)6(10)11-2/h3-4H,7H2,1-2H3,(H,8,9)/t3-,4+/m0/s1. The molecule has 5 heteroatoms. The van der Waals surface area contributed by atoms with Gasteiger partial charge in [-0.3, -0.25) is 9.59 Å². The van der Waals surface area contributed by atoms with Gasteiger partial charge in [0.25, 0.3) is 0 Å². The molecule has 11 heavy (non-hydrogen) atoms. The summed E-state index contributed by atoms with van der Waals surface area (Å²) in [6.07, 6.45) is 0. The molecule has 0 aromatic carbocycles.